The third kappa shape index (κ3) is 19.8. The number of allylic oxidation sites excluding steroid dienone is 1. The van der Waals surface area contributed by atoms with Gasteiger partial charge in [0.1, 0.15) is 14.5 Å². The van der Waals surface area contributed by atoms with Crippen LogP contribution >= 0.6 is 56.7 Å². The molecule has 106 heavy (non-hydrogen) atoms. The summed E-state index contributed by atoms with van der Waals surface area (Å²) < 4.78 is 9.53. The molecule has 0 fully saturated rings. The van der Waals surface area contributed by atoms with Crippen LogP contribution in [-0.2, 0) is 6.42 Å². The number of hydrogen-bond donors (Lipinski definition) is 1. The van der Waals surface area contributed by atoms with Crippen molar-refractivity contribution < 1.29 is 0 Å². The molecule has 3 aromatic carbocycles. The van der Waals surface area contributed by atoms with E-state index in [0.717, 1.165) is 38.3 Å². The summed E-state index contributed by atoms with van der Waals surface area (Å²) in [6, 6.07) is 37.8. The van der Waals surface area contributed by atoms with Crippen molar-refractivity contribution in [1.29, 1.82) is 0 Å². The quantitative estimate of drug-likeness (QED) is 0.149. The van der Waals surface area contributed by atoms with Crippen LogP contribution in [0.1, 0.15) is 234 Å². The van der Waals surface area contributed by atoms with E-state index in [4.69, 9.17) is 0 Å². The van der Waals surface area contributed by atoms with Crippen LogP contribution in [0.3, 0.4) is 0 Å². The molecular formula is C87H102N14S5. The number of para-hydroxylation sites is 4. The van der Waals surface area contributed by atoms with Crippen molar-refractivity contribution in [2.45, 2.75) is 184 Å². The van der Waals surface area contributed by atoms with E-state index in [1.807, 2.05) is 114 Å². The highest BCUT2D eigenvalue weighted by Gasteiger charge is 2.15. The molecule has 0 saturated carbocycles. The number of rotatable bonds is 9. The Labute approximate surface area is 645 Å². The first-order chi connectivity index (χ1) is 51.1. The van der Waals surface area contributed by atoms with Crippen molar-refractivity contribution in [1.82, 2.24) is 68.3 Å². The Hall–Kier alpha value is -9.37. The number of imidazole rings is 2. The molecule has 0 amide bonds. The standard InChI is InChI=1S/C12H13N.C11H13N.2C10H12N2.2C10H11NS.3C8H10N2S/c1-9(2)10-7-8-13-12-6-4-3-5-11(10)12;1-8(2)9-6-7-12-11-5-3-4-10(9)11;1-8(2)12-7-11-9-5-3-4-6-10(9)12;1-7(2)10-8-5-3-4-6-9(8)11-12-10;1-7(2)8-3-5-11-9-4-6-12-10(8)9;1-7(2)8-3-5-11-10-9(8)4-6-12-10;1-6(2)7-5-9-8-10(7)3-4-11-8;2*1-6(2)7-5-9-10-3-4-11-8(7)10/h3-9H,1-2H3;3-4,6-8H,5H2,1-2H3;3-8H,1-2H3;3-7H,1-2H3,(H,11,12);2*3-7H,1-2H3;3*3-6H,1-2H3. The lowest BCUT2D eigenvalue weighted by Gasteiger charge is -2.09. The van der Waals surface area contributed by atoms with E-state index in [-0.39, 0.29) is 0 Å². The SMILES string of the molecule is CC(C)c1[nH]nc2ccccc12.CC(C)c1ccnc2c1C=CC2.CC(C)c1ccnc2ccccc12.CC(C)c1ccnc2ccsc12.CC(C)c1ccnc2sccc12.CC(C)c1cnc2sccn12.CC(C)c1cnn2ccsc12.CC(C)c1cnn2ccsc12.CC(C)n1cnc2ccccc21. The maximum absolute atomic E-state index is 4.34. The molecule has 14 nitrogen and oxygen atoms in total. The van der Waals surface area contributed by atoms with Crippen molar-refractivity contribution in [3.63, 3.8) is 0 Å². The number of benzene rings is 3. The number of fused-ring (bicyclic) bond motifs is 9. The van der Waals surface area contributed by atoms with Crippen LogP contribution < -0.4 is 0 Å². The predicted molar refractivity (Wildman–Crippen MR) is 456 cm³/mol. The molecular weight excluding hydrogens is 1400 g/mol. The van der Waals surface area contributed by atoms with Crippen LogP contribution in [0, 0.1) is 0 Å². The van der Waals surface area contributed by atoms with E-state index < -0.39 is 0 Å². The van der Waals surface area contributed by atoms with Crippen LogP contribution in [0.4, 0.5) is 0 Å². The monoisotopic (exact) mass is 1500 g/mol. The molecule has 0 bridgehead atoms. The van der Waals surface area contributed by atoms with E-state index in [2.05, 4.69) is 296 Å². The second-order valence-electron chi connectivity index (χ2n) is 28.7. The molecule has 14 heterocycles. The molecule has 0 radical (unpaired) electrons. The van der Waals surface area contributed by atoms with Gasteiger partial charge in [0.25, 0.3) is 0 Å². The van der Waals surface area contributed by atoms with E-state index in [0.29, 0.717) is 53.4 Å². The molecule has 550 valence electrons. The Morgan fingerprint density at radius 1 is 0.396 bits per heavy atom. The van der Waals surface area contributed by atoms with Crippen molar-refractivity contribution >= 4 is 131 Å². The number of hydrogen-bond acceptors (Lipinski definition) is 14. The number of H-pyrrole nitrogens is 1. The Balaban J connectivity index is 0.000000128. The third-order valence-electron chi connectivity index (χ3n) is 18.1. The molecule has 0 unspecified atom stereocenters. The zero-order valence-corrected chi connectivity index (χ0v) is 68.6. The number of thiophene rings is 2. The first-order valence-electron chi connectivity index (χ1n) is 36.8. The summed E-state index contributed by atoms with van der Waals surface area (Å²) in [5, 5.41) is 30.0. The molecule has 0 saturated heterocycles. The summed E-state index contributed by atoms with van der Waals surface area (Å²) in [6.45, 7) is 39.5. The lowest BCUT2D eigenvalue weighted by Crippen LogP contribution is -1.97. The van der Waals surface area contributed by atoms with Gasteiger partial charge in [0.2, 0.25) is 0 Å². The minimum Gasteiger partial charge on any atom is -0.328 e. The summed E-state index contributed by atoms with van der Waals surface area (Å²) >= 11 is 8.66. The van der Waals surface area contributed by atoms with Crippen molar-refractivity contribution in [2.75, 3.05) is 0 Å². The Kier molecular flexibility index (Phi) is 28.2. The predicted octanol–water partition coefficient (Wildman–Crippen LogP) is 25.8. The van der Waals surface area contributed by atoms with E-state index in [9.17, 15) is 0 Å². The number of nitrogens with one attached hydrogen (secondary N) is 1. The van der Waals surface area contributed by atoms with Crippen LogP contribution in [0.15, 0.2) is 210 Å². The lowest BCUT2D eigenvalue weighted by molar-refractivity contribution is 0.617. The smallest absolute Gasteiger partial charge is 0.193 e. The van der Waals surface area contributed by atoms with Gasteiger partial charge in [0.05, 0.1) is 62.9 Å². The van der Waals surface area contributed by atoms with Crippen molar-refractivity contribution in [3.8, 4) is 0 Å². The van der Waals surface area contributed by atoms with Gasteiger partial charge in [-0.2, -0.15) is 15.3 Å². The molecule has 1 aliphatic carbocycles. The lowest BCUT2D eigenvalue weighted by atomic mass is 9.98. The van der Waals surface area contributed by atoms with E-state index in [1.165, 1.54) is 92.1 Å². The molecule has 18 rings (SSSR count). The fraction of sp³-hybridized carbons (Fsp3) is 0.322. The Morgan fingerprint density at radius 3 is 1.56 bits per heavy atom. The van der Waals surface area contributed by atoms with Gasteiger partial charge in [-0.1, -0.05) is 171 Å². The van der Waals surface area contributed by atoms with Crippen LogP contribution in [0.2, 0.25) is 0 Å². The number of aromatic nitrogens is 14. The molecule has 0 aliphatic heterocycles. The van der Waals surface area contributed by atoms with Gasteiger partial charge in [-0.25, -0.2) is 24.0 Å². The maximum Gasteiger partial charge on any atom is 0.193 e. The van der Waals surface area contributed by atoms with Crippen LogP contribution in [-0.4, -0.2) is 68.3 Å². The first-order valence-corrected chi connectivity index (χ1v) is 41.2. The largest absolute Gasteiger partial charge is 0.328 e. The second-order valence-corrected chi connectivity index (χ2v) is 33.2. The number of nitrogens with zero attached hydrogens (tertiary/aromatic N) is 13. The third-order valence-corrected chi connectivity index (χ3v) is 22.4. The minimum absolute atomic E-state index is 0.484. The van der Waals surface area contributed by atoms with Crippen molar-refractivity contribution in [2.24, 2.45) is 0 Å². The molecule has 19 heteroatoms. The molecule has 1 aliphatic rings. The number of pyridine rings is 4. The summed E-state index contributed by atoms with van der Waals surface area (Å²) in [5.74, 6) is 4.56. The van der Waals surface area contributed by atoms with Gasteiger partial charge in [-0.05, 0) is 160 Å². The Morgan fingerprint density at radius 2 is 0.934 bits per heavy atom. The fourth-order valence-corrected chi connectivity index (χ4v) is 16.7. The van der Waals surface area contributed by atoms with E-state index in [1.54, 1.807) is 56.7 Å². The van der Waals surface area contributed by atoms with Gasteiger partial charge < -0.3 is 4.57 Å². The summed E-state index contributed by atoms with van der Waals surface area (Å²) in [7, 11) is 0. The van der Waals surface area contributed by atoms with Gasteiger partial charge >= 0.3 is 0 Å². The topological polar surface area (TPSA) is 150 Å². The zero-order chi connectivity index (χ0) is 75.6. The van der Waals surface area contributed by atoms with Gasteiger partial charge in [-0.3, -0.25) is 24.5 Å². The highest BCUT2D eigenvalue weighted by molar-refractivity contribution is 7.17. The highest BCUT2D eigenvalue weighted by atomic mass is 32.1. The maximum atomic E-state index is 4.34. The highest BCUT2D eigenvalue weighted by Crippen LogP contribution is 2.32. The van der Waals surface area contributed by atoms with Gasteiger partial charge in [0, 0.05) is 111 Å². The zero-order valence-electron chi connectivity index (χ0n) is 64.5. The molecule has 17 aromatic rings. The van der Waals surface area contributed by atoms with Gasteiger partial charge in [0.15, 0.2) is 4.96 Å². The molecule has 14 aromatic heterocycles. The Bertz CT molecular complexity index is 5190. The van der Waals surface area contributed by atoms with E-state index >= 15 is 0 Å². The first kappa shape index (κ1) is 79.2. The minimum atomic E-state index is 0.484. The average Bonchev–Trinajstić information content (AvgIpc) is 1.77. The van der Waals surface area contributed by atoms with Crippen molar-refractivity contribution in [3.05, 3.63) is 266 Å². The van der Waals surface area contributed by atoms with Crippen LogP contribution in [0.25, 0.3) is 74.0 Å². The molecule has 0 atom stereocenters. The molecule has 0 spiro atoms. The summed E-state index contributed by atoms with van der Waals surface area (Å²) in [6.07, 6.45) is 26.8. The summed E-state index contributed by atoms with van der Waals surface area (Å²) in [5.41, 5.74) is 19.0. The second kappa shape index (κ2) is 37.7. The summed E-state index contributed by atoms with van der Waals surface area (Å²) in [4.78, 5) is 30.6. The van der Waals surface area contributed by atoms with Gasteiger partial charge in [-0.15, -0.1) is 56.7 Å². The average molecular weight is 1500 g/mol. The number of thiazole rings is 3. The normalized spacial score (nSPS) is 11.6. The van der Waals surface area contributed by atoms with Crippen LogP contribution in [0.5, 0.6) is 0 Å². The molecule has 1 N–H and O–H groups in total. The fourth-order valence-electron chi connectivity index (χ4n) is 12.3. The number of aromatic amines is 1.